The summed E-state index contributed by atoms with van der Waals surface area (Å²) in [5, 5.41) is 3.47. The average molecular weight is 430 g/mol. The minimum Gasteiger partial charge on any atom is -0.459 e. The summed E-state index contributed by atoms with van der Waals surface area (Å²) in [5.74, 6) is 0.147. The molecule has 1 N–H and O–H groups in total. The molecule has 3 aliphatic rings. The van der Waals surface area contributed by atoms with Crippen LogP contribution in [0.2, 0.25) is 0 Å². The predicted octanol–water partition coefficient (Wildman–Crippen LogP) is 2.87. The van der Waals surface area contributed by atoms with Crippen molar-refractivity contribution in [2.24, 2.45) is 5.41 Å². The van der Waals surface area contributed by atoms with Crippen LogP contribution in [-0.4, -0.2) is 53.8 Å². The van der Waals surface area contributed by atoms with Crippen molar-refractivity contribution < 1.29 is 14.0 Å². The highest BCUT2D eigenvalue weighted by molar-refractivity contribution is 5.96. The molecule has 1 aromatic heterocycles. The molecule has 160 valence electrons. The second-order valence-corrected chi connectivity index (χ2v) is 8.65. The Morgan fingerprint density at radius 3 is 2.47 bits per heavy atom. The molecule has 7 heteroatoms. The summed E-state index contributed by atoms with van der Waals surface area (Å²) in [4.78, 5) is 30.3. The lowest BCUT2D eigenvalue weighted by Gasteiger charge is -2.43. The Morgan fingerprint density at radius 1 is 1.03 bits per heavy atom. The van der Waals surface area contributed by atoms with E-state index in [1.54, 1.807) is 17.0 Å². The fraction of sp³-hybridized carbons (Fsp3) is 0.478. The van der Waals surface area contributed by atoms with Crippen LogP contribution in [0, 0.1) is 5.41 Å². The summed E-state index contributed by atoms with van der Waals surface area (Å²) in [6, 6.07) is 11.0. The number of amides is 2. The molecule has 2 fully saturated rings. The van der Waals surface area contributed by atoms with E-state index in [4.69, 9.17) is 4.42 Å². The zero-order valence-electron chi connectivity index (χ0n) is 17.0. The van der Waals surface area contributed by atoms with Crippen LogP contribution in [0.4, 0.5) is 0 Å². The zero-order chi connectivity index (χ0) is 19.8. The highest BCUT2D eigenvalue weighted by atomic mass is 35.5. The van der Waals surface area contributed by atoms with Gasteiger partial charge in [0.05, 0.1) is 6.26 Å². The minimum atomic E-state index is -0.474. The predicted molar refractivity (Wildman–Crippen MR) is 115 cm³/mol. The van der Waals surface area contributed by atoms with Crippen LogP contribution in [0.15, 0.2) is 47.1 Å². The van der Waals surface area contributed by atoms with E-state index in [0.29, 0.717) is 18.4 Å². The molecule has 2 saturated heterocycles. The van der Waals surface area contributed by atoms with E-state index in [1.165, 1.54) is 12.7 Å². The largest absolute Gasteiger partial charge is 0.459 e. The fourth-order valence-electron chi connectivity index (χ4n) is 5.13. The van der Waals surface area contributed by atoms with Gasteiger partial charge in [0.15, 0.2) is 5.76 Å². The van der Waals surface area contributed by atoms with Gasteiger partial charge in [-0.05, 0) is 54.5 Å². The van der Waals surface area contributed by atoms with E-state index >= 15 is 0 Å². The molecule has 6 nitrogen and oxygen atoms in total. The fourth-order valence-corrected chi connectivity index (χ4v) is 5.13. The van der Waals surface area contributed by atoms with Crippen LogP contribution in [0.1, 0.15) is 40.9 Å². The van der Waals surface area contributed by atoms with Crippen molar-refractivity contribution in [3.05, 3.63) is 59.5 Å². The van der Waals surface area contributed by atoms with Crippen molar-refractivity contribution in [3.63, 3.8) is 0 Å². The number of benzene rings is 1. The molecule has 2 aromatic rings. The van der Waals surface area contributed by atoms with Gasteiger partial charge in [-0.15, -0.1) is 12.4 Å². The molecule has 1 aromatic carbocycles. The van der Waals surface area contributed by atoms with Gasteiger partial charge in [-0.1, -0.05) is 24.3 Å². The maximum atomic E-state index is 13.5. The number of likely N-dealkylation sites (tertiary alicyclic amines) is 1. The lowest BCUT2D eigenvalue weighted by molar-refractivity contribution is -0.139. The number of furan rings is 1. The summed E-state index contributed by atoms with van der Waals surface area (Å²) in [6.07, 6.45) is 5.35. The Balaban J connectivity index is 0.00000218. The summed E-state index contributed by atoms with van der Waals surface area (Å²) >= 11 is 0. The van der Waals surface area contributed by atoms with Gasteiger partial charge in [0.25, 0.3) is 5.91 Å². The number of rotatable bonds is 2. The van der Waals surface area contributed by atoms with Crippen LogP contribution in [0.3, 0.4) is 0 Å². The Bertz CT molecular complexity index is 898. The van der Waals surface area contributed by atoms with Gasteiger partial charge < -0.3 is 19.5 Å². The normalized spacial score (nSPS) is 22.5. The SMILES string of the molecule is Cl.O=C(C1Cc2ccccc2CN1C(=O)c1ccco1)N1CCC2(CCNC2)CC1. The molecular weight excluding hydrogens is 402 g/mol. The number of carbonyl (C=O) groups excluding carboxylic acids is 2. The van der Waals surface area contributed by atoms with Crippen molar-refractivity contribution in [1.29, 1.82) is 0 Å². The first-order valence-corrected chi connectivity index (χ1v) is 10.6. The third-order valence-electron chi connectivity index (χ3n) is 6.99. The van der Waals surface area contributed by atoms with E-state index < -0.39 is 6.04 Å². The molecule has 0 radical (unpaired) electrons. The second-order valence-electron chi connectivity index (χ2n) is 8.65. The number of halogens is 1. The molecule has 0 saturated carbocycles. The van der Waals surface area contributed by atoms with Gasteiger partial charge in [-0.2, -0.15) is 0 Å². The molecule has 2 amide bonds. The summed E-state index contributed by atoms with van der Waals surface area (Å²) in [5.41, 5.74) is 2.62. The van der Waals surface area contributed by atoms with E-state index in [0.717, 1.165) is 50.1 Å². The lowest BCUT2D eigenvalue weighted by Crippen LogP contribution is -2.55. The van der Waals surface area contributed by atoms with Crippen LogP contribution < -0.4 is 5.32 Å². The zero-order valence-corrected chi connectivity index (χ0v) is 17.8. The molecular formula is C23H28ClN3O3. The molecule has 1 spiro atoms. The van der Waals surface area contributed by atoms with Gasteiger partial charge in [0, 0.05) is 32.6 Å². The van der Waals surface area contributed by atoms with Gasteiger partial charge in [-0.3, -0.25) is 9.59 Å². The van der Waals surface area contributed by atoms with Gasteiger partial charge >= 0.3 is 0 Å². The van der Waals surface area contributed by atoms with Crippen LogP contribution in [0.5, 0.6) is 0 Å². The van der Waals surface area contributed by atoms with Gasteiger partial charge in [0.2, 0.25) is 5.91 Å². The van der Waals surface area contributed by atoms with Crippen LogP contribution in [-0.2, 0) is 17.8 Å². The molecule has 0 bridgehead atoms. The monoisotopic (exact) mass is 429 g/mol. The van der Waals surface area contributed by atoms with Crippen molar-refractivity contribution in [3.8, 4) is 0 Å². The number of piperidine rings is 1. The van der Waals surface area contributed by atoms with Crippen molar-refractivity contribution in [2.45, 2.75) is 38.3 Å². The molecule has 1 unspecified atom stereocenters. The van der Waals surface area contributed by atoms with Crippen molar-refractivity contribution in [2.75, 3.05) is 26.2 Å². The number of nitrogens with one attached hydrogen (secondary N) is 1. The number of hydrogen-bond donors (Lipinski definition) is 1. The quantitative estimate of drug-likeness (QED) is 0.797. The first-order valence-electron chi connectivity index (χ1n) is 10.6. The molecule has 0 aliphatic carbocycles. The molecule has 1 atom stereocenters. The topological polar surface area (TPSA) is 65.8 Å². The molecule has 3 aliphatic heterocycles. The Hall–Kier alpha value is -2.31. The van der Waals surface area contributed by atoms with E-state index in [1.807, 2.05) is 23.1 Å². The Kier molecular flexibility index (Phi) is 5.89. The van der Waals surface area contributed by atoms with E-state index in [2.05, 4.69) is 11.4 Å². The summed E-state index contributed by atoms with van der Waals surface area (Å²) in [7, 11) is 0. The number of hydrogen-bond acceptors (Lipinski definition) is 4. The lowest BCUT2D eigenvalue weighted by atomic mass is 9.77. The van der Waals surface area contributed by atoms with Crippen LogP contribution in [0.25, 0.3) is 0 Å². The second kappa shape index (κ2) is 8.44. The third-order valence-corrected chi connectivity index (χ3v) is 6.99. The highest BCUT2D eigenvalue weighted by Crippen LogP contribution is 2.37. The average Bonchev–Trinajstić information content (AvgIpc) is 3.45. The summed E-state index contributed by atoms with van der Waals surface area (Å²) in [6.45, 7) is 4.14. The Morgan fingerprint density at radius 2 is 1.80 bits per heavy atom. The smallest absolute Gasteiger partial charge is 0.290 e. The third kappa shape index (κ3) is 3.74. The number of carbonyl (C=O) groups is 2. The first-order chi connectivity index (χ1) is 14.2. The molecule has 5 rings (SSSR count). The molecule has 4 heterocycles. The minimum absolute atomic E-state index is 0. The number of fused-ring (bicyclic) bond motifs is 1. The maximum absolute atomic E-state index is 13.5. The van der Waals surface area contributed by atoms with E-state index in [9.17, 15) is 9.59 Å². The highest BCUT2D eigenvalue weighted by Gasteiger charge is 2.42. The first kappa shape index (κ1) is 20.9. The van der Waals surface area contributed by atoms with Crippen molar-refractivity contribution >= 4 is 24.2 Å². The van der Waals surface area contributed by atoms with Crippen LogP contribution >= 0.6 is 12.4 Å². The summed E-state index contributed by atoms with van der Waals surface area (Å²) < 4.78 is 5.35. The van der Waals surface area contributed by atoms with Crippen molar-refractivity contribution in [1.82, 2.24) is 15.1 Å². The maximum Gasteiger partial charge on any atom is 0.290 e. The standard InChI is InChI=1S/C23H27N3O3.ClH/c27-21(25-11-8-23(9-12-25)7-10-24-16-23)19-14-17-4-1-2-5-18(17)15-26(19)22(28)20-6-3-13-29-20;/h1-6,13,19,24H,7-12,14-16H2;1H. The van der Waals surface area contributed by atoms with Gasteiger partial charge in [0.1, 0.15) is 6.04 Å². The van der Waals surface area contributed by atoms with Gasteiger partial charge in [-0.25, -0.2) is 0 Å². The molecule has 30 heavy (non-hydrogen) atoms. The van der Waals surface area contributed by atoms with E-state index in [-0.39, 0.29) is 30.0 Å². The Labute approximate surface area is 183 Å². The number of nitrogens with zero attached hydrogens (tertiary/aromatic N) is 2.